The smallest absolute Gasteiger partial charge is 0.193 e. The van der Waals surface area contributed by atoms with Crippen molar-refractivity contribution in [3.05, 3.63) is 71.8 Å². The van der Waals surface area contributed by atoms with Crippen LogP contribution in [0.15, 0.2) is 60.7 Å². The van der Waals surface area contributed by atoms with E-state index < -0.39 is 13.9 Å². The maximum absolute atomic E-state index is 12.3. The van der Waals surface area contributed by atoms with E-state index in [9.17, 15) is 4.79 Å². The predicted molar refractivity (Wildman–Crippen MR) is 107 cm³/mol. The summed E-state index contributed by atoms with van der Waals surface area (Å²) in [7, 11) is -2.10. The van der Waals surface area contributed by atoms with Crippen molar-refractivity contribution in [3.63, 3.8) is 0 Å². The minimum Gasteiger partial charge on any atom is -0.404 e. The van der Waals surface area contributed by atoms with Gasteiger partial charge in [0.15, 0.2) is 14.6 Å². The van der Waals surface area contributed by atoms with E-state index in [-0.39, 0.29) is 5.04 Å². The molecule has 0 aliphatic heterocycles. The molecule has 0 fully saturated rings. The second kappa shape index (κ2) is 7.67. The van der Waals surface area contributed by atoms with E-state index in [2.05, 4.69) is 58.1 Å². The molecule has 2 nitrogen and oxygen atoms in total. The topological polar surface area (TPSA) is 26.3 Å². The molecular formula is C22H30O2Si. The number of benzene rings is 2. The van der Waals surface area contributed by atoms with Gasteiger partial charge in [0.1, 0.15) is 5.60 Å². The molecule has 0 radical (unpaired) electrons. The number of carbonyl (C=O) groups excluding carboxylic acids is 1. The molecule has 0 unspecified atom stereocenters. The van der Waals surface area contributed by atoms with Gasteiger partial charge in [0.05, 0.1) is 0 Å². The zero-order valence-corrected chi connectivity index (χ0v) is 17.1. The molecule has 0 aliphatic carbocycles. The van der Waals surface area contributed by atoms with Gasteiger partial charge in [-0.25, -0.2) is 0 Å². The van der Waals surface area contributed by atoms with E-state index in [1.807, 2.05) is 36.4 Å². The van der Waals surface area contributed by atoms with E-state index in [4.69, 9.17) is 4.43 Å². The summed E-state index contributed by atoms with van der Waals surface area (Å²) in [5, 5.41) is 0.0502. The fourth-order valence-corrected chi connectivity index (χ4v) is 4.30. The minimum atomic E-state index is -2.10. The van der Waals surface area contributed by atoms with Crippen LogP contribution < -0.4 is 0 Å². The van der Waals surface area contributed by atoms with Gasteiger partial charge in [0.25, 0.3) is 0 Å². The van der Waals surface area contributed by atoms with Crippen molar-refractivity contribution in [2.75, 3.05) is 0 Å². The molecule has 0 spiro atoms. The van der Waals surface area contributed by atoms with Crippen molar-refractivity contribution in [3.8, 4) is 0 Å². The Morgan fingerprint density at radius 1 is 0.840 bits per heavy atom. The van der Waals surface area contributed by atoms with Crippen LogP contribution in [-0.2, 0) is 22.1 Å². The molecule has 0 amide bonds. The van der Waals surface area contributed by atoms with Gasteiger partial charge >= 0.3 is 0 Å². The summed E-state index contributed by atoms with van der Waals surface area (Å²) >= 11 is 0. The molecule has 0 N–H and O–H groups in total. The molecule has 3 heteroatoms. The SMILES string of the molecule is CC(C)(C)[Si](C)(C)OC(C=O)(Cc1ccccc1)Cc1ccccc1. The molecule has 0 bridgehead atoms. The molecule has 134 valence electrons. The highest BCUT2D eigenvalue weighted by Crippen LogP contribution is 2.40. The number of carbonyl (C=O) groups is 1. The molecule has 0 saturated heterocycles. The monoisotopic (exact) mass is 354 g/mol. The lowest BCUT2D eigenvalue weighted by Gasteiger charge is -2.43. The van der Waals surface area contributed by atoms with Gasteiger partial charge < -0.3 is 9.22 Å². The van der Waals surface area contributed by atoms with Crippen LogP contribution >= 0.6 is 0 Å². The lowest BCUT2D eigenvalue weighted by atomic mass is 9.89. The first-order valence-electron chi connectivity index (χ1n) is 8.92. The van der Waals surface area contributed by atoms with Crippen molar-refractivity contribution in [2.45, 2.75) is 57.3 Å². The molecular weight excluding hydrogens is 324 g/mol. The molecule has 0 saturated carbocycles. The van der Waals surface area contributed by atoms with Crippen LogP contribution in [0.1, 0.15) is 31.9 Å². The summed E-state index contributed by atoms with van der Waals surface area (Å²) in [4.78, 5) is 12.3. The second-order valence-corrected chi connectivity index (χ2v) is 13.1. The Morgan fingerprint density at radius 3 is 1.56 bits per heavy atom. The third-order valence-corrected chi connectivity index (χ3v) is 9.70. The number of rotatable bonds is 7. The zero-order valence-electron chi connectivity index (χ0n) is 16.1. The summed E-state index contributed by atoms with van der Waals surface area (Å²) in [5.41, 5.74) is 1.43. The third-order valence-electron chi connectivity index (χ3n) is 5.17. The van der Waals surface area contributed by atoms with Crippen LogP contribution in [0.25, 0.3) is 0 Å². The highest BCUT2D eigenvalue weighted by Gasteiger charge is 2.45. The normalized spacial score (nSPS) is 12.8. The predicted octanol–water partition coefficient (Wildman–Crippen LogP) is 5.43. The summed E-state index contributed by atoms with van der Waals surface area (Å²) in [5.74, 6) is 0. The quantitative estimate of drug-likeness (QED) is 0.489. The van der Waals surface area contributed by atoms with Crippen LogP contribution in [0.4, 0.5) is 0 Å². The summed E-state index contributed by atoms with van der Waals surface area (Å²) in [6.07, 6.45) is 2.23. The average molecular weight is 355 g/mol. The molecule has 2 rings (SSSR count). The van der Waals surface area contributed by atoms with E-state index in [1.54, 1.807) is 0 Å². The van der Waals surface area contributed by atoms with Crippen molar-refractivity contribution in [2.24, 2.45) is 0 Å². The third kappa shape index (κ3) is 5.13. The lowest BCUT2D eigenvalue weighted by Crippen LogP contribution is -2.52. The van der Waals surface area contributed by atoms with Gasteiger partial charge in [-0.2, -0.15) is 0 Å². The summed E-state index contributed by atoms with van der Waals surface area (Å²) in [6.45, 7) is 11.0. The van der Waals surface area contributed by atoms with Crippen molar-refractivity contribution < 1.29 is 9.22 Å². The van der Waals surface area contributed by atoms with Crippen LogP contribution in [-0.4, -0.2) is 20.2 Å². The fourth-order valence-electron chi connectivity index (χ4n) is 2.79. The minimum absolute atomic E-state index is 0.0502. The lowest BCUT2D eigenvalue weighted by molar-refractivity contribution is -0.122. The van der Waals surface area contributed by atoms with Gasteiger partial charge in [-0.05, 0) is 29.3 Å². The Bertz CT molecular complexity index is 631. The molecule has 2 aromatic rings. The highest BCUT2D eigenvalue weighted by atomic mass is 28.4. The Hall–Kier alpha value is -1.71. The van der Waals surface area contributed by atoms with E-state index in [0.717, 1.165) is 17.4 Å². The molecule has 25 heavy (non-hydrogen) atoms. The van der Waals surface area contributed by atoms with E-state index in [1.165, 1.54) is 0 Å². The average Bonchev–Trinajstić information content (AvgIpc) is 2.55. The summed E-state index contributed by atoms with van der Waals surface area (Å²) < 4.78 is 6.72. The Labute approximate surface area is 153 Å². The van der Waals surface area contributed by atoms with Gasteiger partial charge in [-0.15, -0.1) is 0 Å². The van der Waals surface area contributed by atoms with E-state index >= 15 is 0 Å². The first-order chi connectivity index (χ1) is 11.7. The first kappa shape index (κ1) is 19.6. The standard InChI is InChI=1S/C22H30O2Si/c1-21(2,3)25(4,5)24-22(18-23,16-19-12-8-6-9-13-19)17-20-14-10-7-11-15-20/h6-15,18H,16-17H2,1-5H3. The Morgan fingerprint density at radius 2 is 1.24 bits per heavy atom. The van der Waals surface area contributed by atoms with Crippen LogP contribution in [0.5, 0.6) is 0 Å². The van der Waals surface area contributed by atoms with E-state index in [0.29, 0.717) is 12.8 Å². The maximum Gasteiger partial charge on any atom is 0.193 e. The van der Waals surface area contributed by atoms with Crippen molar-refractivity contribution in [1.82, 2.24) is 0 Å². The molecule has 2 aromatic carbocycles. The summed E-state index contributed by atoms with van der Waals surface area (Å²) in [6, 6.07) is 20.3. The fraction of sp³-hybridized carbons (Fsp3) is 0.409. The van der Waals surface area contributed by atoms with Crippen LogP contribution in [0.3, 0.4) is 0 Å². The highest BCUT2D eigenvalue weighted by molar-refractivity contribution is 6.74. The molecule has 0 atom stereocenters. The molecule has 0 aromatic heterocycles. The zero-order chi connectivity index (χ0) is 18.6. The number of hydrogen-bond donors (Lipinski definition) is 0. The molecule has 0 aliphatic rings. The Kier molecular flexibility index (Phi) is 6.02. The largest absolute Gasteiger partial charge is 0.404 e. The van der Waals surface area contributed by atoms with Gasteiger partial charge in [0, 0.05) is 12.8 Å². The Balaban J connectivity index is 2.39. The van der Waals surface area contributed by atoms with Gasteiger partial charge in [0.2, 0.25) is 0 Å². The van der Waals surface area contributed by atoms with Gasteiger partial charge in [-0.3, -0.25) is 0 Å². The van der Waals surface area contributed by atoms with Gasteiger partial charge in [-0.1, -0.05) is 81.4 Å². The molecule has 0 heterocycles. The van der Waals surface area contributed by atoms with Crippen molar-refractivity contribution in [1.29, 1.82) is 0 Å². The van der Waals surface area contributed by atoms with Crippen molar-refractivity contribution >= 4 is 14.6 Å². The van der Waals surface area contributed by atoms with Crippen LogP contribution in [0, 0.1) is 0 Å². The van der Waals surface area contributed by atoms with Crippen LogP contribution in [0.2, 0.25) is 18.1 Å². The number of hydrogen-bond acceptors (Lipinski definition) is 2. The maximum atomic E-state index is 12.3. The number of aldehydes is 1. The second-order valence-electron chi connectivity index (χ2n) is 8.37. The first-order valence-corrected chi connectivity index (χ1v) is 11.8.